The molecule has 9 nitrogen and oxygen atoms in total. The van der Waals surface area contributed by atoms with Gasteiger partial charge in [-0.3, -0.25) is 19.7 Å². The highest BCUT2D eigenvalue weighted by atomic mass is 16.7. The van der Waals surface area contributed by atoms with Crippen molar-refractivity contribution in [2.45, 2.75) is 19.1 Å². The number of cyclic esters (lactones) is 1. The van der Waals surface area contributed by atoms with Gasteiger partial charge in [-0.2, -0.15) is 0 Å². The number of amides is 2. The van der Waals surface area contributed by atoms with Crippen molar-refractivity contribution in [1.82, 2.24) is 4.90 Å². The molecule has 0 aromatic heterocycles. The van der Waals surface area contributed by atoms with Crippen LogP contribution in [0, 0.1) is 16.0 Å². The third kappa shape index (κ3) is 3.40. The fraction of sp³-hybridized carbons (Fsp3) is 0.300. The number of nitro benzene ring substituents is 1. The predicted octanol–water partition coefficient (Wildman–Crippen LogP) is 3.07. The van der Waals surface area contributed by atoms with Gasteiger partial charge in [-0.1, -0.05) is 30.3 Å². The van der Waals surface area contributed by atoms with Crippen LogP contribution in [-0.4, -0.2) is 41.1 Å². The molecule has 2 saturated heterocycles. The molecular formula is C20H19N3O6. The summed E-state index contributed by atoms with van der Waals surface area (Å²) in [5, 5.41) is 12.6. The van der Waals surface area contributed by atoms with Gasteiger partial charge in [0.2, 0.25) is 5.91 Å². The van der Waals surface area contributed by atoms with Crippen molar-refractivity contribution in [1.29, 1.82) is 0 Å². The topological polar surface area (TPSA) is 102 Å². The van der Waals surface area contributed by atoms with Crippen LogP contribution in [-0.2, 0) is 14.4 Å². The molecule has 2 aromatic rings. The summed E-state index contributed by atoms with van der Waals surface area (Å²) in [6, 6.07) is 14.7. The molecule has 2 amide bonds. The first-order valence-electron chi connectivity index (χ1n) is 9.21. The summed E-state index contributed by atoms with van der Waals surface area (Å²) in [5.41, 5.74) is 1.37. The first-order chi connectivity index (χ1) is 14.0. The smallest absolute Gasteiger partial charge is 0.416 e. The molecule has 2 heterocycles. The summed E-state index contributed by atoms with van der Waals surface area (Å²) in [5.74, 6) is -1.08. The summed E-state index contributed by atoms with van der Waals surface area (Å²) in [6.07, 6.45) is -1.18. The summed E-state index contributed by atoms with van der Waals surface area (Å²) in [6.45, 7) is 2.13. The van der Waals surface area contributed by atoms with Gasteiger partial charge in [0.1, 0.15) is 6.61 Å². The highest BCUT2D eigenvalue weighted by Gasteiger charge is 2.49. The van der Waals surface area contributed by atoms with E-state index in [1.165, 1.54) is 12.1 Å². The number of carbonyl (C=O) groups excluding carboxylic acids is 2. The maximum atomic E-state index is 13.2. The number of nitro groups is 1. The third-order valence-corrected chi connectivity index (χ3v) is 5.15. The lowest BCUT2D eigenvalue weighted by molar-refractivity contribution is -0.384. The molecule has 2 aliphatic heterocycles. The molecule has 4 rings (SSSR count). The number of ether oxygens (including phenoxy) is 1. The Kier molecular flexibility index (Phi) is 4.89. The van der Waals surface area contributed by atoms with Gasteiger partial charge in [-0.05, 0) is 24.6 Å². The van der Waals surface area contributed by atoms with Gasteiger partial charge < -0.3 is 4.74 Å². The molecular weight excluding hydrogens is 378 g/mol. The lowest BCUT2D eigenvalue weighted by Crippen LogP contribution is -2.41. The molecule has 2 fully saturated rings. The molecule has 2 aliphatic rings. The van der Waals surface area contributed by atoms with Gasteiger partial charge >= 0.3 is 6.09 Å². The van der Waals surface area contributed by atoms with Crippen molar-refractivity contribution >= 4 is 23.4 Å². The van der Waals surface area contributed by atoms with E-state index in [1.54, 1.807) is 24.1 Å². The second-order valence-electron chi connectivity index (χ2n) is 6.90. The molecule has 0 unspecified atom stereocenters. The van der Waals surface area contributed by atoms with Crippen LogP contribution in [0.3, 0.4) is 0 Å². The number of para-hydroxylation sites is 1. The van der Waals surface area contributed by atoms with Gasteiger partial charge in [0.05, 0.1) is 35.2 Å². The normalized spacial score (nSPS) is 23.9. The van der Waals surface area contributed by atoms with Crippen LogP contribution < -0.4 is 5.06 Å². The standard InChI is InChI=1S/C20H19N3O6/c1-13-17(19(24)21-11-12-28-20(21)25)18(14-7-9-16(10-8-14)23(26)27)22(29-13)15-5-3-2-4-6-15/h2-10,13,17-18H,11-12H2,1H3/t13-,17-,18+/m1/s1. The van der Waals surface area contributed by atoms with Crippen molar-refractivity contribution in [3.8, 4) is 0 Å². The molecule has 9 heteroatoms. The van der Waals surface area contributed by atoms with Gasteiger partial charge in [0.15, 0.2) is 0 Å². The zero-order chi connectivity index (χ0) is 20.5. The minimum atomic E-state index is -0.692. The number of hydroxylamine groups is 1. The zero-order valence-corrected chi connectivity index (χ0v) is 15.6. The number of rotatable bonds is 4. The van der Waals surface area contributed by atoms with E-state index >= 15 is 0 Å². The minimum Gasteiger partial charge on any atom is -0.447 e. The van der Waals surface area contributed by atoms with Gasteiger partial charge in [-0.25, -0.2) is 14.8 Å². The van der Waals surface area contributed by atoms with E-state index in [-0.39, 0.29) is 24.7 Å². The average Bonchev–Trinajstić information content (AvgIpc) is 3.31. The monoisotopic (exact) mass is 397 g/mol. The van der Waals surface area contributed by atoms with Crippen LogP contribution in [0.25, 0.3) is 0 Å². The Morgan fingerprint density at radius 2 is 1.83 bits per heavy atom. The number of carbonyl (C=O) groups is 2. The maximum absolute atomic E-state index is 13.2. The fourth-order valence-corrected chi connectivity index (χ4v) is 3.75. The Morgan fingerprint density at radius 1 is 1.14 bits per heavy atom. The number of nitrogens with zero attached hydrogens (tertiary/aromatic N) is 3. The molecule has 2 aromatic carbocycles. The van der Waals surface area contributed by atoms with E-state index in [2.05, 4.69) is 0 Å². The number of imide groups is 1. The third-order valence-electron chi connectivity index (χ3n) is 5.15. The molecule has 0 N–H and O–H groups in total. The predicted molar refractivity (Wildman–Crippen MR) is 102 cm³/mol. The van der Waals surface area contributed by atoms with E-state index in [4.69, 9.17) is 9.57 Å². The van der Waals surface area contributed by atoms with Crippen LogP contribution in [0.4, 0.5) is 16.2 Å². The van der Waals surface area contributed by atoms with Gasteiger partial charge in [0.25, 0.3) is 5.69 Å². The summed E-state index contributed by atoms with van der Waals surface area (Å²) in [4.78, 5) is 42.8. The van der Waals surface area contributed by atoms with E-state index in [9.17, 15) is 19.7 Å². The zero-order valence-electron chi connectivity index (χ0n) is 15.6. The fourth-order valence-electron chi connectivity index (χ4n) is 3.75. The number of hydrogen-bond donors (Lipinski definition) is 0. The summed E-state index contributed by atoms with van der Waals surface area (Å²) >= 11 is 0. The molecule has 3 atom stereocenters. The first kappa shape index (κ1) is 18.9. The number of non-ortho nitro benzene ring substituents is 1. The second-order valence-corrected chi connectivity index (χ2v) is 6.90. The van der Waals surface area contributed by atoms with Crippen LogP contribution >= 0.6 is 0 Å². The Labute approximate surface area is 166 Å². The van der Waals surface area contributed by atoms with E-state index < -0.39 is 29.1 Å². The number of benzene rings is 2. The SMILES string of the molecule is C[C@H]1ON(c2ccccc2)[C@@H](c2ccc([N+](=O)[O-])cc2)[C@@H]1C(=O)N1CCOC1=O. The first-order valence-corrected chi connectivity index (χ1v) is 9.21. The lowest BCUT2D eigenvalue weighted by atomic mass is 9.88. The van der Waals surface area contributed by atoms with E-state index in [0.29, 0.717) is 5.56 Å². The summed E-state index contributed by atoms with van der Waals surface area (Å²) in [7, 11) is 0. The summed E-state index contributed by atoms with van der Waals surface area (Å²) < 4.78 is 4.91. The molecule has 0 radical (unpaired) electrons. The number of hydrogen-bond acceptors (Lipinski definition) is 7. The highest BCUT2D eigenvalue weighted by molar-refractivity contribution is 5.95. The van der Waals surface area contributed by atoms with Crippen molar-refractivity contribution in [2.75, 3.05) is 18.2 Å². The quantitative estimate of drug-likeness (QED) is 0.577. The minimum absolute atomic E-state index is 0.0435. The number of anilines is 1. The Balaban J connectivity index is 1.75. The van der Waals surface area contributed by atoms with Crippen molar-refractivity contribution in [2.24, 2.45) is 5.92 Å². The van der Waals surface area contributed by atoms with Crippen LogP contribution in [0.1, 0.15) is 18.5 Å². The molecule has 29 heavy (non-hydrogen) atoms. The molecule has 0 spiro atoms. The molecule has 0 saturated carbocycles. The maximum Gasteiger partial charge on any atom is 0.416 e. The van der Waals surface area contributed by atoms with Crippen LogP contribution in [0.5, 0.6) is 0 Å². The van der Waals surface area contributed by atoms with Crippen LogP contribution in [0.2, 0.25) is 0 Å². The molecule has 150 valence electrons. The second kappa shape index (κ2) is 7.51. The Bertz CT molecular complexity index is 933. The average molecular weight is 397 g/mol. The lowest BCUT2D eigenvalue weighted by Gasteiger charge is -2.28. The van der Waals surface area contributed by atoms with Gasteiger partial charge in [0, 0.05) is 12.1 Å². The van der Waals surface area contributed by atoms with E-state index in [1.807, 2.05) is 30.3 Å². The van der Waals surface area contributed by atoms with Gasteiger partial charge in [-0.15, -0.1) is 0 Å². The van der Waals surface area contributed by atoms with Crippen LogP contribution in [0.15, 0.2) is 54.6 Å². The van der Waals surface area contributed by atoms with Crippen molar-refractivity contribution < 1.29 is 24.1 Å². The van der Waals surface area contributed by atoms with Crippen molar-refractivity contribution in [3.05, 3.63) is 70.3 Å². The molecule has 0 bridgehead atoms. The van der Waals surface area contributed by atoms with Crippen molar-refractivity contribution in [3.63, 3.8) is 0 Å². The Morgan fingerprint density at radius 3 is 2.41 bits per heavy atom. The highest BCUT2D eigenvalue weighted by Crippen LogP contribution is 2.43. The largest absolute Gasteiger partial charge is 0.447 e. The molecule has 0 aliphatic carbocycles. The Hall–Kier alpha value is -3.46. The van der Waals surface area contributed by atoms with E-state index in [0.717, 1.165) is 10.6 Å².